The van der Waals surface area contributed by atoms with Crippen molar-refractivity contribution in [2.24, 2.45) is 23.2 Å². The summed E-state index contributed by atoms with van der Waals surface area (Å²) in [6.45, 7) is 10.9. The van der Waals surface area contributed by atoms with E-state index in [0.29, 0.717) is 5.41 Å². The first-order valence-corrected chi connectivity index (χ1v) is 5.80. The van der Waals surface area contributed by atoms with Gasteiger partial charge in [-0.15, -0.1) is 0 Å². The van der Waals surface area contributed by atoms with E-state index in [2.05, 4.69) is 33.0 Å². The summed E-state index contributed by atoms with van der Waals surface area (Å²) < 4.78 is 0. The van der Waals surface area contributed by atoms with Gasteiger partial charge in [-0.1, -0.05) is 27.7 Å². The Balaban J connectivity index is 2.25. The maximum atomic E-state index is 3.62. The second kappa shape index (κ2) is 2.98. The largest absolute Gasteiger partial charge is 0.314 e. The van der Waals surface area contributed by atoms with Gasteiger partial charge in [0.25, 0.3) is 0 Å². The van der Waals surface area contributed by atoms with Gasteiger partial charge in [0.2, 0.25) is 0 Å². The third kappa shape index (κ3) is 1.16. The average Bonchev–Trinajstić information content (AvgIpc) is 2.61. The van der Waals surface area contributed by atoms with Gasteiger partial charge >= 0.3 is 0 Å². The number of piperidine rings is 1. The van der Waals surface area contributed by atoms with Gasteiger partial charge in [-0.25, -0.2) is 0 Å². The van der Waals surface area contributed by atoms with Crippen LogP contribution in [0.15, 0.2) is 0 Å². The van der Waals surface area contributed by atoms with Gasteiger partial charge < -0.3 is 5.32 Å². The molecule has 0 aromatic heterocycles. The number of hydrogen-bond acceptors (Lipinski definition) is 1. The van der Waals surface area contributed by atoms with Crippen LogP contribution in [-0.4, -0.2) is 12.6 Å². The highest BCUT2D eigenvalue weighted by molar-refractivity contribution is 5.06. The topological polar surface area (TPSA) is 12.0 Å². The fourth-order valence-electron chi connectivity index (χ4n) is 4.06. The quantitative estimate of drug-likeness (QED) is 0.690. The van der Waals surface area contributed by atoms with Crippen LogP contribution in [0.4, 0.5) is 0 Å². The smallest absolute Gasteiger partial charge is 0.00761 e. The molecule has 2 rings (SSSR count). The van der Waals surface area contributed by atoms with Crippen molar-refractivity contribution in [1.82, 2.24) is 5.32 Å². The van der Waals surface area contributed by atoms with Gasteiger partial charge in [-0.2, -0.15) is 0 Å². The van der Waals surface area contributed by atoms with E-state index in [1.807, 2.05) is 0 Å². The van der Waals surface area contributed by atoms with Crippen LogP contribution in [0, 0.1) is 23.2 Å². The Labute approximate surface area is 82.3 Å². The lowest BCUT2D eigenvalue weighted by Crippen LogP contribution is -2.45. The predicted octanol–water partition coefficient (Wildman–Crippen LogP) is 2.67. The van der Waals surface area contributed by atoms with Gasteiger partial charge in [0.05, 0.1) is 0 Å². The SMILES string of the molecule is CC(C)C1(C(C)C)CC2CC1CN2. The first-order valence-electron chi connectivity index (χ1n) is 5.80. The molecule has 0 radical (unpaired) electrons. The fraction of sp³-hybridized carbons (Fsp3) is 1.00. The minimum atomic E-state index is 0.649. The van der Waals surface area contributed by atoms with Crippen LogP contribution < -0.4 is 5.32 Å². The summed E-state index contributed by atoms with van der Waals surface area (Å²) in [5.74, 6) is 2.66. The van der Waals surface area contributed by atoms with E-state index < -0.39 is 0 Å². The lowest BCUT2D eigenvalue weighted by Gasteiger charge is -2.45. The lowest BCUT2D eigenvalue weighted by atomic mass is 9.62. The zero-order valence-corrected chi connectivity index (χ0v) is 9.43. The van der Waals surface area contributed by atoms with Crippen LogP contribution in [0.25, 0.3) is 0 Å². The highest BCUT2D eigenvalue weighted by Crippen LogP contribution is 2.55. The minimum absolute atomic E-state index is 0.649. The van der Waals surface area contributed by atoms with E-state index in [1.165, 1.54) is 19.4 Å². The summed E-state index contributed by atoms with van der Waals surface area (Å²) in [6.07, 6.45) is 2.86. The molecule has 1 heterocycles. The number of hydrogen-bond donors (Lipinski definition) is 1. The van der Waals surface area contributed by atoms with E-state index in [4.69, 9.17) is 0 Å². The Hall–Kier alpha value is -0.0400. The third-order valence-corrected chi connectivity index (χ3v) is 4.73. The second-order valence-electron chi connectivity index (χ2n) is 5.66. The van der Waals surface area contributed by atoms with Crippen molar-refractivity contribution >= 4 is 0 Å². The fourth-order valence-corrected chi connectivity index (χ4v) is 4.06. The summed E-state index contributed by atoms with van der Waals surface area (Å²) in [5, 5.41) is 3.62. The van der Waals surface area contributed by atoms with Crippen molar-refractivity contribution in [2.45, 2.75) is 46.6 Å². The monoisotopic (exact) mass is 181 g/mol. The van der Waals surface area contributed by atoms with Crippen LogP contribution in [-0.2, 0) is 0 Å². The average molecular weight is 181 g/mol. The molecule has 1 saturated heterocycles. The molecule has 0 spiro atoms. The molecule has 76 valence electrons. The van der Waals surface area contributed by atoms with Gasteiger partial charge in [0, 0.05) is 6.04 Å². The first-order chi connectivity index (χ1) is 6.07. The van der Waals surface area contributed by atoms with Crippen molar-refractivity contribution in [1.29, 1.82) is 0 Å². The summed E-state index contributed by atoms with van der Waals surface area (Å²) in [4.78, 5) is 0. The minimum Gasteiger partial charge on any atom is -0.314 e. The molecule has 0 aromatic rings. The number of nitrogens with one attached hydrogen (secondary N) is 1. The van der Waals surface area contributed by atoms with Crippen LogP contribution >= 0.6 is 0 Å². The molecule has 1 nitrogen and oxygen atoms in total. The molecule has 0 aromatic carbocycles. The molecule has 1 heteroatoms. The Morgan fingerprint density at radius 2 is 1.77 bits per heavy atom. The van der Waals surface area contributed by atoms with E-state index in [0.717, 1.165) is 23.8 Å². The summed E-state index contributed by atoms with van der Waals surface area (Å²) in [6, 6.07) is 0.842. The molecule has 1 N–H and O–H groups in total. The van der Waals surface area contributed by atoms with E-state index in [1.54, 1.807) is 0 Å². The highest BCUT2D eigenvalue weighted by atomic mass is 15.0. The Kier molecular flexibility index (Phi) is 2.18. The maximum Gasteiger partial charge on any atom is 0.00761 e. The van der Waals surface area contributed by atoms with Crippen molar-refractivity contribution in [3.05, 3.63) is 0 Å². The number of fused-ring (bicyclic) bond motifs is 2. The lowest BCUT2D eigenvalue weighted by molar-refractivity contribution is 0.0459. The Morgan fingerprint density at radius 1 is 1.15 bits per heavy atom. The zero-order valence-electron chi connectivity index (χ0n) is 9.43. The Morgan fingerprint density at radius 3 is 2.00 bits per heavy atom. The van der Waals surface area contributed by atoms with E-state index in [-0.39, 0.29) is 0 Å². The third-order valence-electron chi connectivity index (χ3n) is 4.73. The normalized spacial score (nSPS) is 36.5. The van der Waals surface area contributed by atoms with Crippen molar-refractivity contribution in [2.75, 3.05) is 6.54 Å². The molecule has 1 saturated carbocycles. The molecule has 2 atom stereocenters. The van der Waals surface area contributed by atoms with Crippen molar-refractivity contribution in [3.63, 3.8) is 0 Å². The molecule has 2 aliphatic rings. The molecular formula is C12H23N. The van der Waals surface area contributed by atoms with Crippen molar-refractivity contribution < 1.29 is 0 Å². The number of rotatable bonds is 2. The van der Waals surface area contributed by atoms with Crippen molar-refractivity contribution in [3.8, 4) is 0 Å². The molecule has 1 aliphatic carbocycles. The van der Waals surface area contributed by atoms with Crippen LogP contribution in [0.1, 0.15) is 40.5 Å². The van der Waals surface area contributed by atoms with Gasteiger partial charge in [0.1, 0.15) is 0 Å². The first kappa shape index (κ1) is 9.51. The standard InChI is InChI=1S/C12H23N/c1-8(2)12(9(3)4)6-11-5-10(12)7-13-11/h8-11,13H,5-7H2,1-4H3. The molecule has 2 bridgehead atoms. The predicted molar refractivity (Wildman–Crippen MR) is 56.6 cm³/mol. The summed E-state index contributed by atoms with van der Waals surface area (Å²) >= 11 is 0. The highest BCUT2D eigenvalue weighted by Gasteiger charge is 2.53. The van der Waals surface area contributed by atoms with Crippen LogP contribution in [0.5, 0.6) is 0 Å². The molecular weight excluding hydrogens is 158 g/mol. The molecule has 2 unspecified atom stereocenters. The zero-order chi connectivity index (χ0) is 9.64. The summed E-state index contributed by atoms with van der Waals surface area (Å²) in [7, 11) is 0. The van der Waals surface area contributed by atoms with Crippen LogP contribution in [0.2, 0.25) is 0 Å². The second-order valence-corrected chi connectivity index (χ2v) is 5.66. The van der Waals surface area contributed by atoms with Crippen LogP contribution in [0.3, 0.4) is 0 Å². The van der Waals surface area contributed by atoms with Gasteiger partial charge in [-0.05, 0) is 42.6 Å². The van der Waals surface area contributed by atoms with Gasteiger partial charge in [-0.3, -0.25) is 0 Å². The van der Waals surface area contributed by atoms with E-state index >= 15 is 0 Å². The van der Waals surface area contributed by atoms with E-state index in [9.17, 15) is 0 Å². The maximum absolute atomic E-state index is 3.62. The summed E-state index contributed by atoms with van der Waals surface area (Å²) in [5.41, 5.74) is 0.649. The van der Waals surface area contributed by atoms with Gasteiger partial charge in [0.15, 0.2) is 0 Å². The Bertz CT molecular complexity index is 187. The molecule has 2 fully saturated rings. The molecule has 13 heavy (non-hydrogen) atoms. The molecule has 1 aliphatic heterocycles. The molecule has 0 amide bonds.